The van der Waals surface area contributed by atoms with E-state index in [0.29, 0.717) is 12.5 Å². The van der Waals surface area contributed by atoms with Gasteiger partial charge in [0.15, 0.2) is 0 Å². The van der Waals surface area contributed by atoms with Crippen LogP contribution in [0.25, 0.3) is 0 Å². The van der Waals surface area contributed by atoms with Gasteiger partial charge in [-0.2, -0.15) is 0 Å². The Morgan fingerprint density at radius 2 is 2.00 bits per heavy atom. The second-order valence-corrected chi connectivity index (χ2v) is 8.36. The molecule has 3 rings (SSSR count). The quantitative estimate of drug-likeness (QED) is 0.775. The van der Waals surface area contributed by atoms with Crippen LogP contribution >= 0.6 is 11.3 Å². The van der Waals surface area contributed by atoms with Crippen LogP contribution in [-0.4, -0.2) is 42.5 Å². The number of likely N-dealkylation sites (tertiary alicyclic amines) is 1. The fourth-order valence-electron chi connectivity index (χ4n) is 3.58. The molecule has 1 aliphatic rings. The van der Waals surface area contributed by atoms with Crippen molar-refractivity contribution in [2.24, 2.45) is 0 Å². The topological polar surface area (TPSA) is 54.5 Å². The number of benzene rings is 1. The molecule has 5 nitrogen and oxygen atoms in total. The number of amides is 1. The lowest BCUT2D eigenvalue weighted by Gasteiger charge is -2.29. The zero-order valence-corrected chi connectivity index (χ0v) is 17.4. The Hall–Kier alpha value is -1.92. The highest BCUT2D eigenvalue weighted by Crippen LogP contribution is 2.31. The predicted molar refractivity (Wildman–Crippen MR) is 110 cm³/mol. The Morgan fingerprint density at radius 1 is 1.30 bits per heavy atom. The van der Waals surface area contributed by atoms with Gasteiger partial charge in [-0.3, -0.25) is 9.69 Å². The van der Waals surface area contributed by atoms with Crippen molar-refractivity contribution >= 4 is 17.2 Å². The van der Waals surface area contributed by atoms with Crippen molar-refractivity contribution < 1.29 is 9.53 Å². The van der Waals surface area contributed by atoms with Crippen LogP contribution in [-0.2, 0) is 0 Å². The average molecular weight is 388 g/mol. The molecule has 1 saturated heterocycles. The van der Waals surface area contributed by atoms with E-state index in [1.807, 2.05) is 25.1 Å². The van der Waals surface area contributed by atoms with Gasteiger partial charge in [-0.25, -0.2) is 4.98 Å². The van der Waals surface area contributed by atoms with E-state index in [1.54, 1.807) is 7.11 Å². The van der Waals surface area contributed by atoms with Gasteiger partial charge in [-0.05, 0) is 38.9 Å². The second-order valence-electron chi connectivity index (χ2n) is 7.33. The molecule has 1 aromatic heterocycles. The van der Waals surface area contributed by atoms with E-state index in [2.05, 4.69) is 35.1 Å². The SMILES string of the molecule is COc1ccccc1[C@H](CNC(=O)c1sc(C(C)C)nc1C)N1CCCC1. The number of rotatable bonds is 7. The first-order chi connectivity index (χ1) is 13.0. The summed E-state index contributed by atoms with van der Waals surface area (Å²) in [4.78, 5) is 20.5. The molecule has 6 heteroatoms. The van der Waals surface area contributed by atoms with Gasteiger partial charge in [-0.15, -0.1) is 11.3 Å². The minimum atomic E-state index is -0.0315. The van der Waals surface area contributed by atoms with Gasteiger partial charge in [0.2, 0.25) is 0 Å². The third-order valence-corrected chi connectivity index (χ3v) is 6.51. The highest BCUT2D eigenvalue weighted by Gasteiger charge is 2.27. The van der Waals surface area contributed by atoms with Crippen molar-refractivity contribution in [3.05, 3.63) is 45.4 Å². The Bertz CT molecular complexity index is 781. The molecule has 1 aromatic carbocycles. The maximum atomic E-state index is 12.8. The van der Waals surface area contributed by atoms with Crippen LogP contribution in [0, 0.1) is 6.92 Å². The van der Waals surface area contributed by atoms with Gasteiger partial charge in [0.05, 0.1) is 23.9 Å². The molecule has 1 aliphatic heterocycles. The lowest BCUT2D eigenvalue weighted by atomic mass is 10.0. The van der Waals surface area contributed by atoms with Gasteiger partial charge in [0, 0.05) is 18.0 Å². The monoisotopic (exact) mass is 387 g/mol. The van der Waals surface area contributed by atoms with Crippen molar-refractivity contribution in [1.82, 2.24) is 15.2 Å². The van der Waals surface area contributed by atoms with Gasteiger partial charge < -0.3 is 10.1 Å². The first kappa shape index (κ1) is 19.8. The van der Waals surface area contributed by atoms with E-state index < -0.39 is 0 Å². The largest absolute Gasteiger partial charge is 0.496 e. The molecule has 1 amide bonds. The van der Waals surface area contributed by atoms with Crippen LogP contribution in [0.3, 0.4) is 0 Å². The molecule has 1 fully saturated rings. The normalized spacial score (nSPS) is 15.9. The number of aromatic nitrogens is 1. The Kier molecular flexibility index (Phi) is 6.50. The first-order valence-corrected chi connectivity index (χ1v) is 10.5. The molecular weight excluding hydrogens is 358 g/mol. The van der Waals surface area contributed by atoms with Crippen LogP contribution < -0.4 is 10.1 Å². The summed E-state index contributed by atoms with van der Waals surface area (Å²) in [7, 11) is 1.70. The zero-order chi connectivity index (χ0) is 19.4. The lowest BCUT2D eigenvalue weighted by molar-refractivity contribution is 0.0940. The third-order valence-electron chi connectivity index (χ3n) is 5.05. The van der Waals surface area contributed by atoms with E-state index in [1.165, 1.54) is 24.2 Å². The standard InChI is InChI=1S/C21H29N3O2S/c1-14(2)21-23-15(3)19(27-21)20(25)22-13-17(24-11-7-8-12-24)16-9-5-6-10-18(16)26-4/h5-6,9-10,14,17H,7-8,11-13H2,1-4H3,(H,22,25)/t17-/m0/s1. The smallest absolute Gasteiger partial charge is 0.263 e. The summed E-state index contributed by atoms with van der Waals surface area (Å²) in [6.07, 6.45) is 2.40. The summed E-state index contributed by atoms with van der Waals surface area (Å²) >= 11 is 1.50. The molecule has 1 N–H and O–H groups in total. The molecule has 2 heterocycles. The number of hydrogen-bond acceptors (Lipinski definition) is 5. The fraction of sp³-hybridized carbons (Fsp3) is 0.524. The van der Waals surface area contributed by atoms with Crippen molar-refractivity contribution in [2.75, 3.05) is 26.7 Å². The van der Waals surface area contributed by atoms with Crippen molar-refractivity contribution in [3.63, 3.8) is 0 Å². The summed E-state index contributed by atoms with van der Waals surface area (Å²) in [6, 6.07) is 8.22. The Morgan fingerprint density at radius 3 is 2.63 bits per heavy atom. The molecule has 2 aromatic rings. The van der Waals surface area contributed by atoms with Crippen LogP contribution in [0.1, 0.15) is 64.6 Å². The van der Waals surface area contributed by atoms with Crippen LogP contribution in [0.2, 0.25) is 0 Å². The minimum absolute atomic E-state index is 0.0315. The van der Waals surface area contributed by atoms with E-state index in [-0.39, 0.29) is 11.9 Å². The maximum absolute atomic E-state index is 12.8. The minimum Gasteiger partial charge on any atom is -0.496 e. The van der Waals surface area contributed by atoms with Gasteiger partial charge in [-0.1, -0.05) is 32.0 Å². The van der Waals surface area contributed by atoms with Gasteiger partial charge in [0.25, 0.3) is 5.91 Å². The second kappa shape index (κ2) is 8.85. The molecule has 1 atom stereocenters. The number of carbonyl (C=O) groups excluding carboxylic acids is 1. The highest BCUT2D eigenvalue weighted by molar-refractivity contribution is 7.13. The van der Waals surface area contributed by atoms with Crippen molar-refractivity contribution in [2.45, 2.75) is 45.6 Å². The molecule has 0 radical (unpaired) electrons. The molecule has 0 spiro atoms. The van der Waals surface area contributed by atoms with Crippen molar-refractivity contribution in [3.8, 4) is 5.75 Å². The molecule has 0 aliphatic carbocycles. The number of nitrogens with one attached hydrogen (secondary N) is 1. The number of nitrogens with zero attached hydrogens (tertiary/aromatic N) is 2. The number of thiazole rings is 1. The number of para-hydroxylation sites is 1. The highest BCUT2D eigenvalue weighted by atomic mass is 32.1. The molecule has 0 saturated carbocycles. The zero-order valence-electron chi connectivity index (χ0n) is 16.6. The van der Waals surface area contributed by atoms with Crippen molar-refractivity contribution in [1.29, 1.82) is 0 Å². The van der Waals surface area contributed by atoms with Crippen LogP contribution in [0.5, 0.6) is 5.75 Å². The molecular formula is C21H29N3O2S. The van der Waals surface area contributed by atoms with E-state index >= 15 is 0 Å². The van der Waals surface area contributed by atoms with Crippen LogP contribution in [0.15, 0.2) is 24.3 Å². The Labute approximate surface area is 165 Å². The maximum Gasteiger partial charge on any atom is 0.263 e. The van der Waals surface area contributed by atoms with Gasteiger partial charge in [0.1, 0.15) is 10.6 Å². The lowest BCUT2D eigenvalue weighted by Crippen LogP contribution is -2.37. The van der Waals surface area contributed by atoms with Gasteiger partial charge >= 0.3 is 0 Å². The number of methoxy groups -OCH3 is 1. The number of ether oxygens (including phenoxy) is 1. The summed E-state index contributed by atoms with van der Waals surface area (Å²) in [6.45, 7) is 8.78. The Balaban J connectivity index is 1.78. The average Bonchev–Trinajstić information content (AvgIpc) is 3.32. The summed E-state index contributed by atoms with van der Waals surface area (Å²) < 4.78 is 5.58. The van der Waals surface area contributed by atoms with E-state index in [9.17, 15) is 4.79 Å². The third kappa shape index (κ3) is 4.50. The molecule has 146 valence electrons. The number of hydrogen-bond donors (Lipinski definition) is 1. The molecule has 0 bridgehead atoms. The fourth-order valence-corrected chi connectivity index (χ4v) is 4.56. The summed E-state index contributed by atoms with van der Waals surface area (Å²) in [5.41, 5.74) is 1.95. The van der Waals surface area contributed by atoms with E-state index in [0.717, 1.165) is 40.0 Å². The number of aryl methyl sites for hydroxylation is 1. The first-order valence-electron chi connectivity index (χ1n) is 9.63. The predicted octanol–water partition coefficient (Wildman–Crippen LogP) is 4.15. The van der Waals surface area contributed by atoms with E-state index in [4.69, 9.17) is 4.74 Å². The number of carbonyl (C=O) groups is 1. The van der Waals surface area contributed by atoms with Crippen LogP contribution in [0.4, 0.5) is 0 Å². The molecule has 0 unspecified atom stereocenters. The summed E-state index contributed by atoms with van der Waals surface area (Å²) in [5, 5.41) is 4.17. The summed E-state index contributed by atoms with van der Waals surface area (Å²) in [5.74, 6) is 1.18. The molecule has 27 heavy (non-hydrogen) atoms.